The Morgan fingerprint density at radius 1 is 1.24 bits per heavy atom. The maximum Gasteiger partial charge on any atom is 0.223 e. The molecule has 0 amide bonds. The molecule has 2 rings (SSSR count). The highest BCUT2D eigenvalue weighted by atomic mass is 19.1. The van der Waals surface area contributed by atoms with Crippen LogP contribution in [0, 0.1) is 12.7 Å². The number of hydrogen-bond donors (Lipinski definition) is 1. The number of aromatic nitrogens is 3. The third-order valence-electron chi connectivity index (χ3n) is 2.44. The van der Waals surface area contributed by atoms with Gasteiger partial charge in [0, 0.05) is 12.0 Å². The van der Waals surface area contributed by atoms with Crippen LogP contribution in [0.5, 0.6) is 0 Å². The molecule has 0 unspecified atom stereocenters. The Morgan fingerprint density at radius 2 is 2.00 bits per heavy atom. The van der Waals surface area contributed by atoms with Gasteiger partial charge in [-0.25, -0.2) is 9.37 Å². The number of benzene rings is 1. The number of nitrogens with zero attached hydrogens (tertiary/aromatic N) is 3. The summed E-state index contributed by atoms with van der Waals surface area (Å²) in [7, 11) is 0. The lowest BCUT2D eigenvalue weighted by atomic mass is 10.1. The van der Waals surface area contributed by atoms with Crippen LogP contribution in [-0.2, 0) is 6.42 Å². The number of rotatable bonds is 2. The highest BCUT2D eigenvalue weighted by molar-refractivity contribution is 5.60. The lowest BCUT2D eigenvalue weighted by Crippen LogP contribution is -2.04. The molecule has 0 fully saturated rings. The minimum absolute atomic E-state index is 0.190. The van der Waals surface area contributed by atoms with Crippen LogP contribution in [0.3, 0.4) is 0 Å². The van der Waals surface area contributed by atoms with Gasteiger partial charge < -0.3 is 5.73 Å². The molecular weight excluding hydrogens is 219 g/mol. The van der Waals surface area contributed by atoms with Gasteiger partial charge in [0.25, 0.3) is 0 Å². The van der Waals surface area contributed by atoms with Gasteiger partial charge in [-0.05, 0) is 30.7 Å². The third-order valence-corrected chi connectivity index (χ3v) is 2.44. The molecule has 0 bridgehead atoms. The molecule has 0 saturated carbocycles. The molecule has 1 aromatic heterocycles. The van der Waals surface area contributed by atoms with Gasteiger partial charge >= 0.3 is 0 Å². The van der Waals surface area contributed by atoms with E-state index in [1.165, 1.54) is 12.1 Å². The van der Waals surface area contributed by atoms with Gasteiger partial charge in [-0.1, -0.05) is 6.92 Å². The minimum Gasteiger partial charge on any atom is -0.368 e. The summed E-state index contributed by atoms with van der Waals surface area (Å²) in [5, 5.41) is 0. The zero-order valence-corrected chi connectivity index (χ0v) is 9.74. The zero-order valence-electron chi connectivity index (χ0n) is 9.74. The first-order valence-corrected chi connectivity index (χ1v) is 5.37. The number of nitrogen functional groups attached to an aromatic ring is 1. The van der Waals surface area contributed by atoms with Crippen LogP contribution in [0.1, 0.15) is 18.3 Å². The minimum atomic E-state index is -0.274. The van der Waals surface area contributed by atoms with Crippen molar-refractivity contribution in [3.63, 3.8) is 0 Å². The van der Waals surface area contributed by atoms with Gasteiger partial charge in [0.15, 0.2) is 5.82 Å². The third kappa shape index (κ3) is 2.38. The van der Waals surface area contributed by atoms with Crippen molar-refractivity contribution >= 4 is 5.95 Å². The topological polar surface area (TPSA) is 64.7 Å². The SMILES string of the molecule is CCc1nc(N)nc(-c2ccc(F)cc2C)n1. The molecule has 0 aliphatic heterocycles. The Labute approximate surface area is 98.7 Å². The summed E-state index contributed by atoms with van der Waals surface area (Å²) in [6.07, 6.45) is 0.681. The fourth-order valence-corrected chi connectivity index (χ4v) is 1.59. The van der Waals surface area contributed by atoms with Gasteiger partial charge in [0.05, 0.1) is 0 Å². The van der Waals surface area contributed by atoms with E-state index < -0.39 is 0 Å². The molecule has 2 N–H and O–H groups in total. The Kier molecular flexibility index (Phi) is 2.99. The van der Waals surface area contributed by atoms with Crippen LogP contribution >= 0.6 is 0 Å². The number of nitrogens with two attached hydrogens (primary N) is 1. The number of halogens is 1. The summed E-state index contributed by atoms with van der Waals surface area (Å²) in [5.74, 6) is 1.04. The monoisotopic (exact) mass is 232 g/mol. The standard InChI is InChI=1S/C12H13FN4/c1-3-10-15-11(17-12(14)16-10)9-5-4-8(13)6-7(9)2/h4-6H,3H2,1-2H3,(H2,14,15,16,17). The quantitative estimate of drug-likeness (QED) is 0.861. The van der Waals surface area contributed by atoms with Crippen molar-refractivity contribution in [1.82, 2.24) is 15.0 Å². The molecule has 0 aliphatic carbocycles. The van der Waals surface area contributed by atoms with Crippen molar-refractivity contribution in [2.24, 2.45) is 0 Å². The van der Waals surface area contributed by atoms with Crippen molar-refractivity contribution < 1.29 is 4.39 Å². The fraction of sp³-hybridized carbons (Fsp3) is 0.250. The van der Waals surface area contributed by atoms with Crippen LogP contribution in [0.15, 0.2) is 18.2 Å². The summed E-state index contributed by atoms with van der Waals surface area (Å²) in [6, 6.07) is 4.48. The second kappa shape index (κ2) is 4.45. The zero-order chi connectivity index (χ0) is 12.4. The largest absolute Gasteiger partial charge is 0.368 e. The average Bonchev–Trinajstić information content (AvgIpc) is 2.28. The van der Waals surface area contributed by atoms with Crippen LogP contribution < -0.4 is 5.73 Å². The van der Waals surface area contributed by atoms with Crippen molar-refractivity contribution in [1.29, 1.82) is 0 Å². The molecule has 88 valence electrons. The lowest BCUT2D eigenvalue weighted by molar-refractivity contribution is 0.627. The first-order valence-electron chi connectivity index (χ1n) is 5.37. The molecule has 1 heterocycles. The Hall–Kier alpha value is -2.04. The number of aryl methyl sites for hydroxylation is 2. The molecule has 1 aromatic carbocycles. The van der Waals surface area contributed by atoms with Crippen LogP contribution in [0.4, 0.5) is 10.3 Å². The molecule has 0 radical (unpaired) electrons. The molecule has 0 atom stereocenters. The van der Waals surface area contributed by atoms with E-state index in [4.69, 9.17) is 5.73 Å². The highest BCUT2D eigenvalue weighted by Gasteiger charge is 2.09. The number of hydrogen-bond acceptors (Lipinski definition) is 4. The summed E-state index contributed by atoms with van der Waals surface area (Å²) >= 11 is 0. The Balaban J connectivity index is 2.55. The van der Waals surface area contributed by atoms with E-state index in [0.717, 1.165) is 11.1 Å². The van der Waals surface area contributed by atoms with Crippen molar-refractivity contribution in [3.05, 3.63) is 35.4 Å². The predicted octanol–water partition coefficient (Wildman–Crippen LogP) is 2.13. The van der Waals surface area contributed by atoms with E-state index in [-0.39, 0.29) is 11.8 Å². The maximum atomic E-state index is 13.0. The smallest absolute Gasteiger partial charge is 0.223 e. The van der Waals surface area contributed by atoms with Crippen molar-refractivity contribution in [2.45, 2.75) is 20.3 Å². The molecule has 5 heteroatoms. The summed E-state index contributed by atoms with van der Waals surface area (Å²) < 4.78 is 13.0. The first kappa shape index (κ1) is 11.4. The first-order chi connectivity index (χ1) is 8.10. The van der Waals surface area contributed by atoms with Crippen LogP contribution in [-0.4, -0.2) is 15.0 Å². The molecule has 2 aromatic rings. The van der Waals surface area contributed by atoms with Gasteiger partial charge in [-0.3, -0.25) is 0 Å². The average molecular weight is 232 g/mol. The Bertz CT molecular complexity index is 554. The highest BCUT2D eigenvalue weighted by Crippen LogP contribution is 2.21. The van der Waals surface area contributed by atoms with Crippen LogP contribution in [0.2, 0.25) is 0 Å². The van der Waals surface area contributed by atoms with E-state index in [1.807, 2.05) is 13.8 Å². The van der Waals surface area contributed by atoms with Crippen LogP contribution in [0.25, 0.3) is 11.4 Å². The molecule has 17 heavy (non-hydrogen) atoms. The van der Waals surface area contributed by atoms with E-state index in [1.54, 1.807) is 6.07 Å². The summed E-state index contributed by atoms with van der Waals surface area (Å²) in [6.45, 7) is 3.75. The lowest BCUT2D eigenvalue weighted by Gasteiger charge is -2.06. The molecule has 4 nitrogen and oxygen atoms in total. The molecular formula is C12H13FN4. The second-order valence-corrected chi connectivity index (χ2v) is 3.75. The Morgan fingerprint density at radius 3 is 2.65 bits per heavy atom. The normalized spacial score (nSPS) is 10.5. The van der Waals surface area contributed by atoms with Gasteiger partial charge in [-0.2, -0.15) is 9.97 Å². The van der Waals surface area contributed by atoms with Gasteiger partial charge in [-0.15, -0.1) is 0 Å². The molecule has 0 saturated heterocycles. The van der Waals surface area contributed by atoms with Gasteiger partial charge in [0.2, 0.25) is 5.95 Å². The van der Waals surface area contributed by atoms with E-state index in [2.05, 4.69) is 15.0 Å². The van der Waals surface area contributed by atoms with Gasteiger partial charge in [0.1, 0.15) is 11.6 Å². The number of anilines is 1. The van der Waals surface area contributed by atoms with Crippen molar-refractivity contribution in [2.75, 3.05) is 5.73 Å². The summed E-state index contributed by atoms with van der Waals surface area (Å²) in [5.41, 5.74) is 7.16. The van der Waals surface area contributed by atoms with E-state index >= 15 is 0 Å². The predicted molar refractivity (Wildman–Crippen MR) is 63.7 cm³/mol. The van der Waals surface area contributed by atoms with Crippen molar-refractivity contribution in [3.8, 4) is 11.4 Å². The van der Waals surface area contributed by atoms with E-state index in [0.29, 0.717) is 18.1 Å². The van der Waals surface area contributed by atoms with E-state index in [9.17, 15) is 4.39 Å². The second-order valence-electron chi connectivity index (χ2n) is 3.75. The maximum absolute atomic E-state index is 13.0. The molecule has 0 aliphatic rings. The summed E-state index contributed by atoms with van der Waals surface area (Å²) in [4.78, 5) is 12.4. The fourth-order valence-electron chi connectivity index (χ4n) is 1.59. The molecule has 0 spiro atoms.